The summed E-state index contributed by atoms with van der Waals surface area (Å²) in [7, 11) is 1.56. The number of benzene rings is 1. The number of nitrogens with one attached hydrogen (secondary N) is 1. The number of carboxylic acids is 1. The molecule has 2 amide bonds. The van der Waals surface area contributed by atoms with Gasteiger partial charge in [0.15, 0.2) is 0 Å². The molecule has 5 atom stereocenters. The lowest BCUT2D eigenvalue weighted by Crippen LogP contribution is -2.55. The first-order valence-electron chi connectivity index (χ1n) is 14.1. The van der Waals surface area contributed by atoms with Crippen molar-refractivity contribution in [1.82, 2.24) is 15.2 Å². The minimum absolute atomic E-state index is 0.0323. The van der Waals surface area contributed by atoms with Crippen LogP contribution >= 0.6 is 0 Å². The molecule has 3 rings (SSSR count). The fraction of sp³-hybridized carbons (Fsp3) is 0.548. The summed E-state index contributed by atoms with van der Waals surface area (Å²) in [5.41, 5.74) is -0.759. The van der Waals surface area contributed by atoms with E-state index in [1.807, 2.05) is 37.3 Å². The van der Waals surface area contributed by atoms with Gasteiger partial charge in [0, 0.05) is 17.2 Å². The van der Waals surface area contributed by atoms with Gasteiger partial charge < -0.3 is 29.5 Å². The van der Waals surface area contributed by atoms with Crippen LogP contribution in [-0.4, -0.2) is 70.4 Å². The van der Waals surface area contributed by atoms with E-state index < -0.39 is 41.8 Å². The Hall–Kier alpha value is -3.82. The van der Waals surface area contributed by atoms with E-state index in [1.54, 1.807) is 34.1 Å². The summed E-state index contributed by atoms with van der Waals surface area (Å²) < 4.78 is 17.0. The number of aromatic nitrogens is 1. The maximum Gasteiger partial charge on any atom is 0.408 e. The van der Waals surface area contributed by atoms with Gasteiger partial charge in [-0.2, -0.15) is 0 Å². The number of aliphatic carboxylic acids is 1. The highest BCUT2D eigenvalue weighted by Gasteiger charge is 2.44. The predicted molar refractivity (Wildman–Crippen MR) is 156 cm³/mol. The maximum absolute atomic E-state index is 13.9. The molecule has 1 aromatic carbocycles. The molecule has 1 aromatic heterocycles. The van der Waals surface area contributed by atoms with Gasteiger partial charge in [-0.1, -0.05) is 44.5 Å². The number of fused-ring (bicyclic) bond motifs is 1. The fourth-order valence-electron chi connectivity index (χ4n) is 5.02. The number of carbonyl (C=O) groups is 3. The molecule has 224 valence electrons. The number of pyridine rings is 1. The van der Waals surface area contributed by atoms with Crippen LogP contribution in [0.1, 0.15) is 60.3 Å². The molecule has 10 nitrogen and oxygen atoms in total. The van der Waals surface area contributed by atoms with E-state index in [9.17, 15) is 19.5 Å². The summed E-state index contributed by atoms with van der Waals surface area (Å²) in [5, 5.41) is 14.3. The van der Waals surface area contributed by atoms with Gasteiger partial charge in [-0.25, -0.2) is 14.6 Å². The zero-order valence-electron chi connectivity index (χ0n) is 24.9. The van der Waals surface area contributed by atoms with Crippen LogP contribution in [0.4, 0.5) is 4.79 Å². The molecule has 0 radical (unpaired) electrons. The Balaban J connectivity index is 1.83. The number of amides is 2. The largest absolute Gasteiger partial charge is 0.494 e. The number of allylic oxidation sites excluding steroid dienone is 1. The van der Waals surface area contributed by atoms with Crippen molar-refractivity contribution >= 4 is 28.7 Å². The Morgan fingerprint density at radius 3 is 2.49 bits per heavy atom. The van der Waals surface area contributed by atoms with E-state index in [4.69, 9.17) is 14.2 Å². The lowest BCUT2D eigenvalue weighted by atomic mass is 9.92. The Morgan fingerprint density at radius 2 is 1.88 bits per heavy atom. The number of carbonyl (C=O) groups excluding carboxylic acids is 2. The predicted octanol–water partition coefficient (Wildman–Crippen LogP) is 5.20. The van der Waals surface area contributed by atoms with Crippen molar-refractivity contribution in [1.29, 1.82) is 0 Å². The van der Waals surface area contributed by atoms with E-state index >= 15 is 0 Å². The van der Waals surface area contributed by atoms with Crippen molar-refractivity contribution in [2.24, 2.45) is 11.8 Å². The van der Waals surface area contributed by atoms with Crippen LogP contribution in [0, 0.1) is 11.8 Å². The summed E-state index contributed by atoms with van der Waals surface area (Å²) >= 11 is 0. The van der Waals surface area contributed by atoms with Gasteiger partial charge in [0.25, 0.3) is 0 Å². The molecule has 0 aliphatic carbocycles. The molecule has 0 saturated carbocycles. The molecule has 2 aromatic rings. The normalized spacial score (nSPS) is 19.2. The summed E-state index contributed by atoms with van der Waals surface area (Å²) in [4.78, 5) is 44.7. The second kappa shape index (κ2) is 13.7. The lowest BCUT2D eigenvalue weighted by Gasteiger charge is -2.31. The zero-order valence-corrected chi connectivity index (χ0v) is 24.9. The van der Waals surface area contributed by atoms with Gasteiger partial charge in [0.05, 0.1) is 19.9 Å². The third-order valence-corrected chi connectivity index (χ3v) is 7.28. The van der Waals surface area contributed by atoms with Crippen LogP contribution in [0.15, 0.2) is 43.1 Å². The van der Waals surface area contributed by atoms with Crippen molar-refractivity contribution in [3.63, 3.8) is 0 Å². The molecule has 1 aliphatic heterocycles. The molecule has 2 unspecified atom stereocenters. The second-order valence-corrected chi connectivity index (χ2v) is 11.7. The molecule has 2 N–H and O–H groups in total. The summed E-state index contributed by atoms with van der Waals surface area (Å²) in [6.07, 6.45) is 4.53. The SMILES string of the molecule is C=CC(C)CCC[C@@H](C)C(NC(=O)OC(C)(C)C)C(=O)N1C[C@H](Oc2ncc(OC)c3ccccc23)C[C@H]1C(=O)O. The zero-order chi connectivity index (χ0) is 30.3. The van der Waals surface area contributed by atoms with Crippen LogP contribution in [0.3, 0.4) is 0 Å². The van der Waals surface area contributed by atoms with Crippen LogP contribution in [0.25, 0.3) is 10.8 Å². The smallest absolute Gasteiger partial charge is 0.408 e. The molecule has 1 fully saturated rings. The fourth-order valence-corrected chi connectivity index (χ4v) is 5.02. The van der Waals surface area contributed by atoms with Crippen molar-refractivity contribution in [3.8, 4) is 11.6 Å². The van der Waals surface area contributed by atoms with Crippen molar-refractivity contribution in [3.05, 3.63) is 43.1 Å². The highest BCUT2D eigenvalue weighted by molar-refractivity contribution is 5.92. The average Bonchev–Trinajstić information content (AvgIpc) is 3.34. The minimum Gasteiger partial charge on any atom is -0.494 e. The van der Waals surface area contributed by atoms with E-state index in [0.29, 0.717) is 24.0 Å². The first-order valence-corrected chi connectivity index (χ1v) is 14.1. The average molecular weight is 570 g/mol. The van der Waals surface area contributed by atoms with E-state index in [-0.39, 0.29) is 18.9 Å². The first kappa shape index (κ1) is 31.7. The maximum atomic E-state index is 13.9. The number of hydrogen-bond acceptors (Lipinski definition) is 7. The Morgan fingerprint density at radius 1 is 1.20 bits per heavy atom. The third kappa shape index (κ3) is 8.34. The topological polar surface area (TPSA) is 127 Å². The molecule has 10 heteroatoms. The van der Waals surface area contributed by atoms with Crippen molar-refractivity contribution < 1.29 is 33.7 Å². The van der Waals surface area contributed by atoms with Crippen molar-refractivity contribution in [2.75, 3.05) is 13.7 Å². The minimum atomic E-state index is -1.14. The Kier molecular flexibility index (Phi) is 10.6. The van der Waals surface area contributed by atoms with Gasteiger partial charge in [-0.3, -0.25) is 4.79 Å². The Bertz CT molecular complexity index is 1240. The number of rotatable bonds is 12. The van der Waals surface area contributed by atoms with Crippen LogP contribution < -0.4 is 14.8 Å². The molecule has 1 saturated heterocycles. The summed E-state index contributed by atoms with van der Waals surface area (Å²) in [6, 6.07) is 5.38. The number of methoxy groups -OCH3 is 1. The summed E-state index contributed by atoms with van der Waals surface area (Å²) in [6.45, 7) is 13.0. The number of nitrogens with zero attached hydrogens (tertiary/aromatic N) is 2. The highest BCUT2D eigenvalue weighted by atomic mass is 16.6. The molecule has 2 heterocycles. The van der Waals surface area contributed by atoms with Gasteiger partial charge >= 0.3 is 12.1 Å². The van der Waals surface area contributed by atoms with Crippen LogP contribution in [0.2, 0.25) is 0 Å². The Labute approximate surface area is 242 Å². The molecule has 0 bridgehead atoms. The number of likely N-dealkylation sites (tertiary alicyclic amines) is 1. The molecule has 41 heavy (non-hydrogen) atoms. The third-order valence-electron chi connectivity index (χ3n) is 7.28. The van der Waals surface area contributed by atoms with E-state index in [0.717, 1.165) is 23.6 Å². The standard InChI is InChI=1S/C31H43N3O7/c1-8-19(2)12-11-13-20(3)26(33-30(38)41-31(4,5)6)28(35)34-18-21(16-24(34)29(36)37)40-27-23-15-10-9-14-22(23)25(39-7)17-32-27/h8-10,14-15,17,19-21,24,26H,1,11-13,16,18H2,2-7H3,(H,33,38)(H,36,37)/t19?,20-,21-,24+,26?/m1/s1. The molecule has 1 aliphatic rings. The lowest BCUT2D eigenvalue weighted by molar-refractivity contribution is -0.149. The monoisotopic (exact) mass is 569 g/mol. The van der Waals surface area contributed by atoms with Crippen LogP contribution in [0.5, 0.6) is 11.6 Å². The summed E-state index contributed by atoms with van der Waals surface area (Å²) in [5.74, 6) is -0.643. The van der Waals surface area contributed by atoms with Gasteiger partial charge in [-0.15, -0.1) is 6.58 Å². The van der Waals surface area contributed by atoms with Crippen molar-refractivity contribution in [2.45, 2.75) is 84.1 Å². The van der Waals surface area contributed by atoms with E-state index in [1.165, 1.54) is 4.90 Å². The van der Waals surface area contributed by atoms with E-state index in [2.05, 4.69) is 23.8 Å². The number of ether oxygens (including phenoxy) is 3. The van der Waals surface area contributed by atoms with Crippen LogP contribution in [-0.2, 0) is 14.3 Å². The molecular formula is C31H43N3O7. The first-order chi connectivity index (χ1) is 19.3. The number of hydrogen-bond donors (Lipinski definition) is 2. The van der Waals surface area contributed by atoms with Gasteiger partial charge in [0.2, 0.25) is 11.8 Å². The number of alkyl carbamates (subject to hydrolysis) is 1. The second-order valence-electron chi connectivity index (χ2n) is 11.7. The highest BCUT2D eigenvalue weighted by Crippen LogP contribution is 2.33. The molecule has 0 spiro atoms. The molecular weight excluding hydrogens is 526 g/mol. The quantitative estimate of drug-likeness (QED) is 0.334. The van der Waals surface area contributed by atoms with Gasteiger partial charge in [0.1, 0.15) is 29.5 Å². The number of carboxylic acid groups (broad SMARTS) is 1. The van der Waals surface area contributed by atoms with Gasteiger partial charge in [-0.05, 0) is 51.5 Å².